The number of benzene rings is 2. The predicted molar refractivity (Wildman–Crippen MR) is 179 cm³/mol. The summed E-state index contributed by atoms with van der Waals surface area (Å²) in [4.78, 5) is 30.8. The normalized spacial score (nSPS) is 14.8. The summed E-state index contributed by atoms with van der Waals surface area (Å²) in [5.41, 5.74) is 5.95. The van der Waals surface area contributed by atoms with Gasteiger partial charge in [-0.3, -0.25) is 14.4 Å². The monoisotopic (exact) mass is 623 g/mol. The van der Waals surface area contributed by atoms with E-state index in [0.717, 1.165) is 65.9 Å². The Morgan fingerprint density at radius 3 is 2.70 bits per heavy atom. The molecule has 2 aromatic carbocycles. The minimum absolute atomic E-state index is 0.0200. The summed E-state index contributed by atoms with van der Waals surface area (Å²) in [5, 5.41) is 22.0. The molecular formula is C34H41N9O3. The number of rotatable bonds is 11. The lowest BCUT2D eigenvalue weighted by atomic mass is 9.99. The fourth-order valence-corrected chi connectivity index (χ4v) is 6.02. The number of H-pyrrole nitrogens is 1. The quantitative estimate of drug-likeness (QED) is 0.171. The number of amides is 1. The third-order valence-electron chi connectivity index (χ3n) is 8.51. The molecule has 3 aromatic heterocycles. The van der Waals surface area contributed by atoms with Crippen LogP contribution in [0.25, 0.3) is 22.2 Å². The van der Waals surface area contributed by atoms with Gasteiger partial charge < -0.3 is 30.4 Å². The van der Waals surface area contributed by atoms with E-state index in [1.165, 1.54) is 6.07 Å². The highest BCUT2D eigenvalue weighted by atomic mass is 16.5. The maximum Gasteiger partial charge on any atom is 0.256 e. The zero-order chi connectivity index (χ0) is 32.2. The minimum atomic E-state index is -0.277. The van der Waals surface area contributed by atoms with Gasteiger partial charge in [-0.2, -0.15) is 0 Å². The van der Waals surface area contributed by atoms with Crippen LogP contribution in [0.1, 0.15) is 28.4 Å². The zero-order valence-corrected chi connectivity index (χ0v) is 26.7. The molecule has 46 heavy (non-hydrogen) atoms. The van der Waals surface area contributed by atoms with Crippen LogP contribution in [-0.4, -0.2) is 98.0 Å². The Morgan fingerprint density at radius 2 is 1.91 bits per heavy atom. The van der Waals surface area contributed by atoms with Crippen molar-refractivity contribution in [1.29, 1.82) is 0 Å². The highest BCUT2D eigenvalue weighted by Crippen LogP contribution is 2.33. The minimum Gasteiger partial charge on any atom is -0.507 e. The summed E-state index contributed by atoms with van der Waals surface area (Å²) >= 11 is 0. The van der Waals surface area contributed by atoms with Crippen molar-refractivity contribution in [2.24, 2.45) is 7.05 Å². The molecule has 0 spiro atoms. The Hall–Kier alpha value is -4.94. The van der Waals surface area contributed by atoms with Crippen molar-refractivity contribution in [2.45, 2.75) is 26.3 Å². The van der Waals surface area contributed by atoms with Crippen LogP contribution in [0.2, 0.25) is 0 Å². The van der Waals surface area contributed by atoms with Crippen molar-refractivity contribution in [3.05, 3.63) is 77.7 Å². The summed E-state index contributed by atoms with van der Waals surface area (Å²) in [6.07, 6.45) is 6.40. The molecule has 1 fully saturated rings. The molecule has 4 heterocycles. The maximum absolute atomic E-state index is 13.0. The van der Waals surface area contributed by atoms with Crippen LogP contribution in [0.3, 0.4) is 0 Å². The standard InChI is InChI=1S/C34H41N9O3/c1-5-46-33-28(21-42(4)40-33)38-34-37-18-22(2)30(39-34)27-20-35-31-23(9-8-11-25(27)31)17-24(43-15-13-41(3)14-16-43)19-36-32(45)26-10-6-7-12-29(26)44/h6-12,18,20-21,24,35,44H,5,13-17,19H2,1-4H3,(H,36,45)(H,37,38,39)/t24-/m1/s1. The molecule has 0 unspecified atom stereocenters. The number of phenols is 1. The fraction of sp³-hybridized carbons (Fsp3) is 0.353. The molecule has 1 aliphatic rings. The smallest absolute Gasteiger partial charge is 0.256 e. The number of hydrogen-bond acceptors (Lipinski definition) is 9. The van der Waals surface area contributed by atoms with E-state index in [2.05, 4.69) is 60.7 Å². The summed E-state index contributed by atoms with van der Waals surface area (Å²) in [5.74, 6) is 0.656. The van der Waals surface area contributed by atoms with Gasteiger partial charge >= 0.3 is 0 Å². The molecule has 0 radical (unpaired) electrons. The molecule has 5 aromatic rings. The number of likely N-dealkylation sites (N-methyl/N-ethyl adjacent to an activating group) is 1. The number of aromatic amines is 1. The van der Waals surface area contributed by atoms with Gasteiger partial charge in [0, 0.05) is 74.7 Å². The van der Waals surface area contributed by atoms with Crippen LogP contribution < -0.4 is 15.4 Å². The summed E-state index contributed by atoms with van der Waals surface area (Å²) in [6, 6.07) is 13.0. The van der Waals surface area contributed by atoms with Crippen molar-refractivity contribution in [2.75, 3.05) is 51.7 Å². The van der Waals surface area contributed by atoms with Crippen molar-refractivity contribution in [3.63, 3.8) is 0 Å². The van der Waals surface area contributed by atoms with Crippen LogP contribution in [-0.2, 0) is 13.5 Å². The second kappa shape index (κ2) is 13.6. The van der Waals surface area contributed by atoms with Crippen LogP contribution in [0.15, 0.2) is 61.1 Å². The fourth-order valence-electron chi connectivity index (χ4n) is 6.02. The molecule has 1 aliphatic heterocycles. The third kappa shape index (κ3) is 6.68. The summed E-state index contributed by atoms with van der Waals surface area (Å²) < 4.78 is 7.36. The van der Waals surface area contributed by atoms with Crippen molar-refractivity contribution in [3.8, 4) is 22.9 Å². The molecular weight excluding hydrogens is 582 g/mol. The number of piperazine rings is 1. The first kappa shape index (κ1) is 31.1. The number of hydrogen-bond donors (Lipinski definition) is 4. The number of aromatic hydroxyl groups is 1. The third-order valence-corrected chi connectivity index (χ3v) is 8.51. The molecule has 240 valence electrons. The average Bonchev–Trinajstić information content (AvgIpc) is 3.64. The van der Waals surface area contributed by atoms with Gasteiger partial charge in [-0.05, 0) is 50.6 Å². The highest BCUT2D eigenvalue weighted by Gasteiger charge is 2.25. The van der Waals surface area contributed by atoms with Gasteiger partial charge in [-0.1, -0.05) is 30.3 Å². The Labute approximate surface area is 268 Å². The topological polar surface area (TPSA) is 136 Å². The summed E-state index contributed by atoms with van der Waals surface area (Å²) in [6.45, 7) is 8.65. The maximum atomic E-state index is 13.0. The first-order valence-electron chi connectivity index (χ1n) is 15.7. The van der Waals surface area contributed by atoms with Gasteiger partial charge in [0.05, 0.1) is 24.1 Å². The van der Waals surface area contributed by atoms with E-state index in [1.807, 2.05) is 39.5 Å². The van der Waals surface area contributed by atoms with E-state index in [-0.39, 0.29) is 23.3 Å². The average molecular weight is 624 g/mol. The van der Waals surface area contributed by atoms with Crippen molar-refractivity contribution < 1.29 is 14.6 Å². The molecule has 0 bridgehead atoms. The lowest BCUT2D eigenvalue weighted by Crippen LogP contribution is -2.53. The van der Waals surface area contributed by atoms with Gasteiger partial charge in [-0.15, -0.1) is 5.10 Å². The summed E-state index contributed by atoms with van der Waals surface area (Å²) in [7, 11) is 3.98. The lowest BCUT2D eigenvalue weighted by molar-refractivity contribution is 0.0884. The number of aryl methyl sites for hydroxylation is 2. The number of nitrogens with zero attached hydrogens (tertiary/aromatic N) is 6. The second-order valence-corrected chi connectivity index (χ2v) is 11.8. The molecule has 1 atom stereocenters. The predicted octanol–water partition coefficient (Wildman–Crippen LogP) is 4.10. The van der Waals surface area contributed by atoms with Gasteiger partial charge in [0.1, 0.15) is 11.4 Å². The van der Waals surface area contributed by atoms with E-state index in [9.17, 15) is 9.90 Å². The van der Waals surface area contributed by atoms with E-state index in [4.69, 9.17) is 9.72 Å². The van der Waals surface area contributed by atoms with Crippen molar-refractivity contribution in [1.82, 2.24) is 39.8 Å². The lowest BCUT2D eigenvalue weighted by Gasteiger charge is -2.38. The van der Waals surface area contributed by atoms with Gasteiger partial charge in [-0.25, -0.2) is 9.97 Å². The molecule has 6 rings (SSSR count). The number of carbonyl (C=O) groups is 1. The zero-order valence-electron chi connectivity index (χ0n) is 26.7. The van der Waals surface area contributed by atoms with E-state index in [1.54, 1.807) is 22.9 Å². The van der Waals surface area contributed by atoms with E-state index < -0.39 is 0 Å². The van der Waals surface area contributed by atoms with Gasteiger partial charge in [0.25, 0.3) is 11.8 Å². The number of para-hydroxylation sites is 2. The molecule has 0 aliphatic carbocycles. The largest absolute Gasteiger partial charge is 0.507 e. The highest BCUT2D eigenvalue weighted by molar-refractivity contribution is 5.97. The molecule has 12 heteroatoms. The van der Waals surface area contributed by atoms with Gasteiger partial charge in [0.2, 0.25) is 5.95 Å². The second-order valence-electron chi connectivity index (χ2n) is 11.8. The van der Waals surface area contributed by atoms with Crippen LogP contribution >= 0.6 is 0 Å². The number of nitrogens with one attached hydrogen (secondary N) is 3. The van der Waals surface area contributed by atoms with Crippen molar-refractivity contribution >= 4 is 28.4 Å². The first-order valence-corrected chi connectivity index (χ1v) is 15.7. The number of aromatic nitrogens is 5. The number of anilines is 2. The van der Waals surface area contributed by atoms with Crippen LogP contribution in [0.4, 0.5) is 11.6 Å². The van der Waals surface area contributed by atoms with Gasteiger partial charge in [0.15, 0.2) is 0 Å². The van der Waals surface area contributed by atoms with Crippen LogP contribution in [0.5, 0.6) is 11.6 Å². The molecule has 0 saturated carbocycles. The number of fused-ring (bicyclic) bond motifs is 1. The Morgan fingerprint density at radius 1 is 1.11 bits per heavy atom. The van der Waals surface area contributed by atoms with Crippen LogP contribution in [0, 0.1) is 6.92 Å². The molecule has 1 amide bonds. The number of carbonyl (C=O) groups excluding carboxylic acids is 1. The number of phenolic OH excluding ortho intramolecular Hbond substituents is 1. The van der Waals surface area contributed by atoms with E-state index in [0.29, 0.717) is 30.7 Å². The Bertz CT molecular complexity index is 1820. The molecule has 12 nitrogen and oxygen atoms in total. The number of ether oxygens (including phenoxy) is 1. The Balaban J connectivity index is 1.27. The SMILES string of the molecule is CCOc1nn(C)cc1Nc1ncc(C)c(-c2c[nH]c3c(C[C@H](CNC(=O)c4ccccc4O)N4CCN(C)CC4)cccc23)n1. The molecule has 1 saturated heterocycles. The molecule has 4 N–H and O–H groups in total. The van der Waals surface area contributed by atoms with E-state index >= 15 is 0 Å². The Kier molecular flexibility index (Phi) is 9.18. The first-order chi connectivity index (χ1) is 22.3.